The number of furan rings is 1. The van der Waals surface area contributed by atoms with Crippen LogP contribution >= 0.6 is 0 Å². The number of carbonyl (C=O) groups excluding carboxylic acids is 1. The molecule has 0 atom stereocenters. The van der Waals surface area contributed by atoms with Gasteiger partial charge in [0.1, 0.15) is 5.76 Å². The second kappa shape index (κ2) is 3.23. The van der Waals surface area contributed by atoms with Gasteiger partial charge in [-0.3, -0.25) is 4.79 Å². The fourth-order valence-corrected chi connectivity index (χ4v) is 2.19. The van der Waals surface area contributed by atoms with Gasteiger partial charge in [-0.25, -0.2) is 0 Å². The number of rotatable bonds is 1. The molecule has 0 fully saturated rings. The van der Waals surface area contributed by atoms with E-state index >= 15 is 0 Å². The van der Waals surface area contributed by atoms with Crippen LogP contribution in [-0.4, -0.2) is 5.91 Å². The van der Waals surface area contributed by atoms with Crippen LogP contribution in [0.2, 0.25) is 0 Å². The Morgan fingerprint density at radius 3 is 2.75 bits per heavy atom. The lowest BCUT2D eigenvalue weighted by molar-refractivity contribution is 0.0974. The van der Waals surface area contributed by atoms with Crippen molar-refractivity contribution in [2.45, 2.75) is 12.8 Å². The predicted octanol–water partition coefficient (Wildman–Crippen LogP) is 2.14. The van der Waals surface area contributed by atoms with E-state index in [4.69, 9.17) is 10.2 Å². The normalized spacial score (nSPS) is 13.0. The van der Waals surface area contributed by atoms with Gasteiger partial charge in [-0.1, -0.05) is 24.3 Å². The van der Waals surface area contributed by atoms with Gasteiger partial charge in [-0.15, -0.1) is 0 Å². The van der Waals surface area contributed by atoms with Crippen LogP contribution in [0.5, 0.6) is 0 Å². The van der Waals surface area contributed by atoms with Gasteiger partial charge < -0.3 is 10.2 Å². The molecule has 0 spiro atoms. The maximum Gasteiger partial charge on any atom is 0.284 e. The third-order valence-corrected chi connectivity index (χ3v) is 2.98. The molecule has 0 radical (unpaired) electrons. The average molecular weight is 213 g/mol. The molecule has 80 valence electrons. The van der Waals surface area contributed by atoms with Gasteiger partial charge in [-0.2, -0.15) is 0 Å². The molecule has 3 rings (SSSR count). The lowest BCUT2D eigenvalue weighted by atomic mass is 9.91. The van der Waals surface area contributed by atoms with E-state index in [2.05, 4.69) is 6.07 Å². The number of aryl methyl sites for hydroxylation is 2. The van der Waals surface area contributed by atoms with Crippen LogP contribution in [-0.2, 0) is 12.8 Å². The summed E-state index contributed by atoms with van der Waals surface area (Å²) in [4.78, 5) is 11.1. The minimum atomic E-state index is -0.508. The molecule has 0 unspecified atom stereocenters. The van der Waals surface area contributed by atoms with Crippen molar-refractivity contribution >= 4 is 5.91 Å². The summed E-state index contributed by atoms with van der Waals surface area (Å²) in [7, 11) is 0. The molecular weight excluding hydrogens is 202 g/mol. The Hall–Kier alpha value is -2.03. The minimum Gasteiger partial charge on any atom is -0.451 e. The molecule has 1 aliphatic rings. The fourth-order valence-electron chi connectivity index (χ4n) is 2.19. The zero-order valence-electron chi connectivity index (χ0n) is 8.69. The second-order valence-electron chi connectivity index (χ2n) is 3.99. The summed E-state index contributed by atoms with van der Waals surface area (Å²) in [6, 6.07) is 9.85. The van der Waals surface area contributed by atoms with Crippen molar-refractivity contribution in [1.29, 1.82) is 0 Å². The molecule has 0 bridgehead atoms. The lowest BCUT2D eigenvalue weighted by Crippen LogP contribution is -2.09. The summed E-state index contributed by atoms with van der Waals surface area (Å²) in [5.74, 6) is 0.546. The molecule has 2 aromatic rings. The van der Waals surface area contributed by atoms with Crippen LogP contribution < -0.4 is 5.73 Å². The van der Waals surface area contributed by atoms with Crippen LogP contribution in [0, 0.1) is 0 Å². The Kier molecular flexibility index (Phi) is 1.86. The lowest BCUT2D eigenvalue weighted by Gasteiger charge is -2.13. The number of fused-ring (bicyclic) bond motifs is 3. The second-order valence-corrected chi connectivity index (χ2v) is 3.99. The first kappa shape index (κ1) is 9.21. The number of carbonyl (C=O) groups is 1. The van der Waals surface area contributed by atoms with E-state index in [0.717, 1.165) is 29.7 Å². The number of primary amides is 1. The van der Waals surface area contributed by atoms with E-state index in [-0.39, 0.29) is 5.76 Å². The van der Waals surface area contributed by atoms with Gasteiger partial charge >= 0.3 is 0 Å². The van der Waals surface area contributed by atoms with Crippen molar-refractivity contribution in [2.24, 2.45) is 5.73 Å². The maximum absolute atomic E-state index is 11.1. The van der Waals surface area contributed by atoms with E-state index in [0.29, 0.717) is 0 Å². The van der Waals surface area contributed by atoms with E-state index in [1.165, 1.54) is 5.56 Å². The molecule has 16 heavy (non-hydrogen) atoms. The van der Waals surface area contributed by atoms with Crippen molar-refractivity contribution in [1.82, 2.24) is 0 Å². The van der Waals surface area contributed by atoms with Crippen molar-refractivity contribution in [3.63, 3.8) is 0 Å². The first-order chi connectivity index (χ1) is 7.75. The fraction of sp³-hybridized carbons (Fsp3) is 0.154. The number of nitrogens with two attached hydrogens (primary N) is 1. The Bertz CT molecular complexity index is 569. The number of benzene rings is 1. The van der Waals surface area contributed by atoms with Crippen LogP contribution in [0.1, 0.15) is 21.7 Å². The van der Waals surface area contributed by atoms with Crippen LogP contribution in [0.15, 0.2) is 34.7 Å². The molecule has 1 aromatic carbocycles. The molecular formula is C13H11NO2. The summed E-state index contributed by atoms with van der Waals surface area (Å²) in [6.07, 6.45) is 1.89. The van der Waals surface area contributed by atoms with Crippen LogP contribution in [0.3, 0.4) is 0 Å². The highest BCUT2D eigenvalue weighted by Gasteiger charge is 2.21. The highest BCUT2D eigenvalue weighted by atomic mass is 16.4. The minimum absolute atomic E-state index is 0.252. The van der Waals surface area contributed by atoms with Gasteiger partial charge in [0.25, 0.3) is 5.91 Å². The SMILES string of the molecule is NC(=O)c1cc2c(o1)-c1ccccc1CC2. The Morgan fingerprint density at radius 2 is 1.94 bits per heavy atom. The molecule has 1 amide bonds. The molecule has 0 saturated carbocycles. The standard InChI is InChI=1S/C13H11NO2/c14-13(15)11-7-9-6-5-8-3-1-2-4-10(8)12(9)16-11/h1-4,7H,5-6H2,(H2,14,15). The highest BCUT2D eigenvalue weighted by Crippen LogP contribution is 2.35. The monoisotopic (exact) mass is 213 g/mol. The summed E-state index contributed by atoms with van der Waals surface area (Å²) >= 11 is 0. The first-order valence-corrected chi connectivity index (χ1v) is 5.26. The topological polar surface area (TPSA) is 56.2 Å². The summed E-state index contributed by atoms with van der Waals surface area (Å²) in [5.41, 5.74) is 8.63. The molecule has 2 N–H and O–H groups in total. The Balaban J connectivity index is 2.20. The van der Waals surface area contributed by atoms with Crippen LogP contribution in [0.25, 0.3) is 11.3 Å². The third kappa shape index (κ3) is 1.25. The van der Waals surface area contributed by atoms with Crippen LogP contribution in [0.4, 0.5) is 0 Å². The maximum atomic E-state index is 11.1. The zero-order valence-corrected chi connectivity index (χ0v) is 8.69. The van der Waals surface area contributed by atoms with Crippen molar-refractivity contribution in [3.8, 4) is 11.3 Å². The number of hydrogen-bond donors (Lipinski definition) is 1. The van der Waals surface area contributed by atoms with Gasteiger partial charge in [0.05, 0.1) is 0 Å². The van der Waals surface area contributed by atoms with Gasteiger partial charge in [-0.05, 0) is 30.0 Å². The van der Waals surface area contributed by atoms with Gasteiger partial charge in [0.2, 0.25) is 0 Å². The first-order valence-electron chi connectivity index (χ1n) is 5.26. The zero-order chi connectivity index (χ0) is 11.1. The van der Waals surface area contributed by atoms with E-state index in [9.17, 15) is 4.79 Å². The Labute approximate surface area is 92.9 Å². The molecule has 0 aliphatic heterocycles. The predicted molar refractivity (Wildman–Crippen MR) is 60.1 cm³/mol. The summed E-state index contributed by atoms with van der Waals surface area (Å²) in [5, 5.41) is 0. The molecule has 1 aromatic heterocycles. The number of amides is 1. The van der Waals surface area contributed by atoms with E-state index in [1.54, 1.807) is 6.07 Å². The van der Waals surface area contributed by atoms with Crippen molar-refractivity contribution < 1.29 is 9.21 Å². The molecule has 1 aliphatic carbocycles. The van der Waals surface area contributed by atoms with Crippen molar-refractivity contribution in [2.75, 3.05) is 0 Å². The average Bonchev–Trinajstić information content (AvgIpc) is 2.73. The van der Waals surface area contributed by atoms with Crippen molar-refractivity contribution in [3.05, 3.63) is 47.2 Å². The molecule has 3 heteroatoms. The third-order valence-electron chi connectivity index (χ3n) is 2.98. The number of hydrogen-bond acceptors (Lipinski definition) is 2. The molecule has 1 heterocycles. The largest absolute Gasteiger partial charge is 0.451 e. The smallest absolute Gasteiger partial charge is 0.284 e. The van der Waals surface area contributed by atoms with Gasteiger partial charge in [0.15, 0.2) is 5.76 Å². The highest BCUT2D eigenvalue weighted by molar-refractivity contribution is 5.91. The van der Waals surface area contributed by atoms with E-state index in [1.807, 2.05) is 18.2 Å². The quantitative estimate of drug-likeness (QED) is 0.789. The summed E-state index contributed by atoms with van der Waals surface area (Å²) in [6.45, 7) is 0. The molecule has 3 nitrogen and oxygen atoms in total. The van der Waals surface area contributed by atoms with E-state index < -0.39 is 5.91 Å². The van der Waals surface area contributed by atoms with Gasteiger partial charge in [0, 0.05) is 5.56 Å². The summed E-state index contributed by atoms with van der Waals surface area (Å²) < 4.78 is 5.52. The molecule has 0 saturated heterocycles. The Morgan fingerprint density at radius 1 is 1.19 bits per heavy atom.